The molecule has 1 aromatic heterocycles. The lowest BCUT2D eigenvalue weighted by molar-refractivity contribution is -0.141. The molecule has 0 bridgehead atoms. The smallest absolute Gasteiger partial charge is 0.228 e. The Morgan fingerprint density at radius 1 is 1.26 bits per heavy atom. The zero-order valence-corrected chi connectivity index (χ0v) is 11.8. The Kier molecular flexibility index (Phi) is 4.03. The van der Waals surface area contributed by atoms with Gasteiger partial charge in [0.15, 0.2) is 0 Å². The molecule has 2 fully saturated rings. The van der Waals surface area contributed by atoms with Crippen LogP contribution < -0.4 is 0 Å². The lowest BCUT2D eigenvalue weighted by Gasteiger charge is -2.41. The van der Waals surface area contributed by atoms with Crippen molar-refractivity contribution < 1.29 is 4.79 Å². The molecule has 2 aliphatic rings. The fourth-order valence-electron chi connectivity index (χ4n) is 2.64. The Morgan fingerprint density at radius 3 is 2.63 bits per heavy atom. The molecule has 2 saturated heterocycles. The number of pyridine rings is 1. The zero-order chi connectivity index (χ0) is 13.1. The number of thioether (sulfide) groups is 1. The van der Waals surface area contributed by atoms with Gasteiger partial charge in [-0.05, 0) is 17.7 Å². The lowest BCUT2D eigenvalue weighted by atomic mass is 9.97. The van der Waals surface area contributed by atoms with Gasteiger partial charge in [-0.15, -0.1) is 0 Å². The Balaban J connectivity index is 1.46. The fraction of sp³-hybridized carbons (Fsp3) is 0.571. The van der Waals surface area contributed by atoms with Gasteiger partial charge in [-0.2, -0.15) is 11.8 Å². The van der Waals surface area contributed by atoms with Crippen molar-refractivity contribution in [3.05, 3.63) is 30.1 Å². The van der Waals surface area contributed by atoms with Crippen molar-refractivity contribution in [2.24, 2.45) is 5.92 Å². The van der Waals surface area contributed by atoms with Crippen LogP contribution in [-0.2, 0) is 11.3 Å². The number of aromatic nitrogens is 1. The number of nitrogens with zero attached hydrogens (tertiary/aromatic N) is 3. The maximum absolute atomic E-state index is 12.3. The first kappa shape index (κ1) is 12.9. The van der Waals surface area contributed by atoms with E-state index >= 15 is 0 Å². The van der Waals surface area contributed by atoms with Gasteiger partial charge >= 0.3 is 0 Å². The Morgan fingerprint density at radius 2 is 1.95 bits per heavy atom. The first-order chi connectivity index (χ1) is 9.33. The number of carbonyl (C=O) groups excluding carboxylic acids is 1. The number of likely N-dealkylation sites (tertiary alicyclic amines) is 1. The van der Waals surface area contributed by atoms with Crippen LogP contribution in [0.4, 0.5) is 0 Å². The topological polar surface area (TPSA) is 36.4 Å². The summed E-state index contributed by atoms with van der Waals surface area (Å²) in [7, 11) is 0. The van der Waals surface area contributed by atoms with Crippen LogP contribution in [-0.4, -0.2) is 58.4 Å². The molecule has 0 saturated carbocycles. The van der Waals surface area contributed by atoms with Crippen LogP contribution >= 0.6 is 11.8 Å². The normalized spacial score (nSPS) is 21.2. The summed E-state index contributed by atoms with van der Waals surface area (Å²) in [5, 5.41) is 0. The van der Waals surface area contributed by atoms with Gasteiger partial charge in [0, 0.05) is 56.6 Å². The van der Waals surface area contributed by atoms with Crippen LogP contribution in [0, 0.1) is 5.92 Å². The molecular weight excluding hydrogens is 258 g/mol. The standard InChI is InChI=1S/C14H19N3OS/c18-14(17-5-7-19-8-6-17)13-10-16(11-13)9-12-1-3-15-4-2-12/h1-4,13H,5-11H2. The number of rotatable bonds is 3. The van der Waals surface area contributed by atoms with Gasteiger partial charge in [0.25, 0.3) is 0 Å². The minimum absolute atomic E-state index is 0.227. The third-order valence-corrected chi connectivity index (χ3v) is 4.73. The minimum atomic E-state index is 0.227. The van der Waals surface area contributed by atoms with Crippen molar-refractivity contribution in [1.29, 1.82) is 0 Å². The van der Waals surface area contributed by atoms with Gasteiger partial charge in [0.05, 0.1) is 5.92 Å². The van der Waals surface area contributed by atoms with Crippen molar-refractivity contribution in [2.75, 3.05) is 37.7 Å². The number of hydrogen-bond acceptors (Lipinski definition) is 4. The minimum Gasteiger partial charge on any atom is -0.341 e. The molecule has 3 rings (SSSR count). The van der Waals surface area contributed by atoms with Crippen molar-refractivity contribution in [2.45, 2.75) is 6.54 Å². The van der Waals surface area contributed by atoms with E-state index in [4.69, 9.17) is 0 Å². The molecule has 0 unspecified atom stereocenters. The molecule has 19 heavy (non-hydrogen) atoms. The summed E-state index contributed by atoms with van der Waals surface area (Å²) in [6, 6.07) is 4.08. The van der Waals surface area contributed by atoms with Gasteiger partial charge in [-0.3, -0.25) is 14.7 Å². The largest absolute Gasteiger partial charge is 0.341 e. The second-order valence-corrected chi connectivity index (χ2v) is 6.41. The highest BCUT2D eigenvalue weighted by molar-refractivity contribution is 7.99. The molecule has 0 spiro atoms. The molecule has 2 aliphatic heterocycles. The van der Waals surface area contributed by atoms with Crippen LogP contribution in [0.5, 0.6) is 0 Å². The highest BCUT2D eigenvalue weighted by Crippen LogP contribution is 2.22. The average molecular weight is 277 g/mol. The summed E-state index contributed by atoms with van der Waals surface area (Å²) in [4.78, 5) is 20.7. The Labute approximate surface area is 118 Å². The molecule has 5 heteroatoms. The van der Waals surface area contributed by atoms with Gasteiger partial charge in [-0.25, -0.2) is 0 Å². The maximum atomic E-state index is 12.3. The van der Waals surface area contributed by atoms with Gasteiger partial charge in [-0.1, -0.05) is 0 Å². The molecule has 4 nitrogen and oxygen atoms in total. The summed E-state index contributed by atoms with van der Waals surface area (Å²) in [6.07, 6.45) is 3.65. The summed E-state index contributed by atoms with van der Waals surface area (Å²) >= 11 is 1.95. The van der Waals surface area contributed by atoms with Crippen molar-refractivity contribution >= 4 is 17.7 Å². The van der Waals surface area contributed by atoms with Crippen LogP contribution in [0.25, 0.3) is 0 Å². The Hall–Kier alpha value is -1.07. The molecular formula is C14H19N3OS. The second-order valence-electron chi connectivity index (χ2n) is 5.18. The van der Waals surface area contributed by atoms with Gasteiger partial charge in [0.2, 0.25) is 5.91 Å². The quantitative estimate of drug-likeness (QED) is 0.829. The zero-order valence-electron chi connectivity index (χ0n) is 11.0. The van der Waals surface area contributed by atoms with Crippen LogP contribution in [0.15, 0.2) is 24.5 Å². The van der Waals surface area contributed by atoms with E-state index in [2.05, 4.69) is 9.88 Å². The van der Waals surface area contributed by atoms with E-state index in [0.29, 0.717) is 5.91 Å². The van der Waals surface area contributed by atoms with E-state index in [0.717, 1.165) is 44.2 Å². The molecule has 1 aromatic rings. The average Bonchev–Trinajstić information content (AvgIpc) is 2.44. The predicted molar refractivity (Wildman–Crippen MR) is 76.9 cm³/mol. The highest BCUT2D eigenvalue weighted by atomic mass is 32.2. The summed E-state index contributed by atoms with van der Waals surface area (Å²) in [6.45, 7) is 4.62. The summed E-state index contributed by atoms with van der Waals surface area (Å²) < 4.78 is 0. The lowest BCUT2D eigenvalue weighted by Crippen LogP contribution is -2.55. The summed E-state index contributed by atoms with van der Waals surface area (Å²) in [5.74, 6) is 2.79. The van der Waals surface area contributed by atoms with E-state index < -0.39 is 0 Å². The molecule has 3 heterocycles. The van der Waals surface area contributed by atoms with E-state index in [9.17, 15) is 4.79 Å². The fourth-order valence-corrected chi connectivity index (χ4v) is 3.55. The van der Waals surface area contributed by atoms with Gasteiger partial charge in [0.1, 0.15) is 0 Å². The molecule has 1 amide bonds. The monoisotopic (exact) mass is 277 g/mol. The van der Waals surface area contributed by atoms with E-state index in [1.54, 1.807) is 0 Å². The molecule has 0 aromatic carbocycles. The van der Waals surface area contributed by atoms with Gasteiger partial charge < -0.3 is 4.90 Å². The third kappa shape index (κ3) is 3.09. The number of amides is 1. The van der Waals surface area contributed by atoms with Crippen LogP contribution in [0.1, 0.15) is 5.56 Å². The molecule has 0 aliphatic carbocycles. The highest BCUT2D eigenvalue weighted by Gasteiger charge is 2.35. The molecule has 102 valence electrons. The third-order valence-electron chi connectivity index (χ3n) is 3.78. The van der Waals surface area contributed by atoms with E-state index in [1.807, 2.05) is 41.2 Å². The molecule has 0 atom stereocenters. The second kappa shape index (κ2) is 5.92. The number of hydrogen-bond donors (Lipinski definition) is 0. The molecule has 0 radical (unpaired) electrons. The summed E-state index contributed by atoms with van der Waals surface area (Å²) in [5.41, 5.74) is 1.27. The first-order valence-corrected chi connectivity index (χ1v) is 7.96. The van der Waals surface area contributed by atoms with Crippen molar-refractivity contribution in [1.82, 2.24) is 14.8 Å². The van der Waals surface area contributed by atoms with Crippen molar-refractivity contribution in [3.63, 3.8) is 0 Å². The SMILES string of the molecule is O=C(C1CN(Cc2ccncc2)C1)N1CCSCC1. The van der Waals surface area contributed by atoms with E-state index in [-0.39, 0.29) is 5.92 Å². The van der Waals surface area contributed by atoms with Crippen LogP contribution in [0.2, 0.25) is 0 Å². The first-order valence-electron chi connectivity index (χ1n) is 6.81. The van der Waals surface area contributed by atoms with Crippen LogP contribution in [0.3, 0.4) is 0 Å². The maximum Gasteiger partial charge on any atom is 0.228 e. The molecule has 0 N–H and O–H groups in total. The Bertz CT molecular complexity index is 428. The predicted octanol–water partition coefficient (Wildman–Crippen LogP) is 1.09. The van der Waals surface area contributed by atoms with E-state index in [1.165, 1.54) is 5.56 Å². The van der Waals surface area contributed by atoms with Crippen molar-refractivity contribution in [3.8, 4) is 0 Å². The number of carbonyl (C=O) groups is 1.